The highest BCUT2D eigenvalue weighted by Gasteiger charge is 2.22. The van der Waals surface area contributed by atoms with Gasteiger partial charge in [0.2, 0.25) is 5.88 Å². The molecule has 1 aromatic rings. The Kier molecular flexibility index (Phi) is 5.21. The van der Waals surface area contributed by atoms with Gasteiger partial charge in [-0.25, -0.2) is 4.98 Å². The molecule has 0 spiro atoms. The van der Waals surface area contributed by atoms with Crippen LogP contribution in [0.5, 0.6) is 5.88 Å². The summed E-state index contributed by atoms with van der Waals surface area (Å²) in [7, 11) is 1.66. The van der Waals surface area contributed by atoms with Crippen LogP contribution >= 0.6 is 0 Å². The third-order valence-electron chi connectivity index (χ3n) is 3.24. The quantitative estimate of drug-likeness (QED) is 0.856. The van der Waals surface area contributed by atoms with E-state index in [4.69, 9.17) is 9.47 Å². The molecule has 1 aliphatic heterocycles. The van der Waals surface area contributed by atoms with E-state index in [1.165, 1.54) is 5.57 Å². The molecule has 1 atom stereocenters. The summed E-state index contributed by atoms with van der Waals surface area (Å²) in [5.41, 5.74) is 2.35. The van der Waals surface area contributed by atoms with Crippen molar-refractivity contribution in [3.8, 4) is 5.88 Å². The molecule has 0 saturated heterocycles. The number of nitrogens with zero attached hydrogens (tertiary/aromatic N) is 1. The number of hydrogen-bond donors (Lipinski definition) is 1. The lowest BCUT2D eigenvalue weighted by molar-refractivity contribution is 0.219. The van der Waals surface area contributed by atoms with Gasteiger partial charge in [-0.1, -0.05) is 13.0 Å². The normalized spacial score (nSPS) is 16.4. The molecule has 19 heavy (non-hydrogen) atoms. The van der Waals surface area contributed by atoms with Crippen molar-refractivity contribution in [3.05, 3.63) is 35.7 Å². The SMILES string of the molecule is CCCNC(C1=COCCC1)c1cccnc1OC. The van der Waals surface area contributed by atoms with Crippen molar-refractivity contribution >= 4 is 0 Å². The maximum Gasteiger partial charge on any atom is 0.218 e. The second-order valence-corrected chi connectivity index (χ2v) is 4.66. The number of methoxy groups -OCH3 is 1. The van der Waals surface area contributed by atoms with Crippen LogP contribution < -0.4 is 10.1 Å². The molecular weight excluding hydrogens is 240 g/mol. The van der Waals surface area contributed by atoms with Gasteiger partial charge >= 0.3 is 0 Å². The monoisotopic (exact) mass is 262 g/mol. The number of rotatable bonds is 6. The van der Waals surface area contributed by atoms with Crippen LogP contribution in [0.3, 0.4) is 0 Å². The van der Waals surface area contributed by atoms with Gasteiger partial charge in [-0.3, -0.25) is 0 Å². The first-order valence-electron chi connectivity index (χ1n) is 6.89. The van der Waals surface area contributed by atoms with Gasteiger partial charge in [0.25, 0.3) is 0 Å². The maximum absolute atomic E-state index is 5.47. The number of aromatic nitrogens is 1. The summed E-state index contributed by atoms with van der Waals surface area (Å²) in [6.07, 6.45) is 6.86. The van der Waals surface area contributed by atoms with E-state index in [0.29, 0.717) is 5.88 Å². The number of ether oxygens (including phenoxy) is 2. The number of pyridine rings is 1. The highest BCUT2D eigenvalue weighted by Crippen LogP contribution is 2.31. The molecular formula is C15H22N2O2. The predicted octanol–water partition coefficient (Wildman–Crippen LogP) is 2.83. The van der Waals surface area contributed by atoms with Crippen molar-refractivity contribution in [1.29, 1.82) is 0 Å². The van der Waals surface area contributed by atoms with Crippen molar-refractivity contribution in [2.45, 2.75) is 32.2 Å². The van der Waals surface area contributed by atoms with Crippen molar-refractivity contribution in [2.24, 2.45) is 0 Å². The molecule has 104 valence electrons. The van der Waals surface area contributed by atoms with Crippen LogP contribution in [0.1, 0.15) is 37.8 Å². The Hall–Kier alpha value is -1.55. The average Bonchev–Trinajstić information content (AvgIpc) is 2.49. The second-order valence-electron chi connectivity index (χ2n) is 4.66. The Morgan fingerprint density at radius 2 is 2.42 bits per heavy atom. The van der Waals surface area contributed by atoms with Crippen LogP contribution in [0.4, 0.5) is 0 Å². The zero-order chi connectivity index (χ0) is 13.5. The molecule has 0 fully saturated rings. The van der Waals surface area contributed by atoms with Gasteiger partial charge in [-0.05, 0) is 37.4 Å². The summed E-state index contributed by atoms with van der Waals surface area (Å²) in [5.74, 6) is 0.683. The molecule has 0 aliphatic carbocycles. The standard InChI is InChI=1S/C15H22N2O2/c1-3-8-16-14(12-6-5-10-19-11-12)13-7-4-9-17-15(13)18-2/h4,7,9,11,14,16H,3,5-6,8,10H2,1-2H3. The van der Waals surface area contributed by atoms with E-state index in [0.717, 1.165) is 38.0 Å². The van der Waals surface area contributed by atoms with Crippen LogP contribution in [0.2, 0.25) is 0 Å². The second kappa shape index (κ2) is 7.14. The van der Waals surface area contributed by atoms with Gasteiger partial charge in [0, 0.05) is 11.8 Å². The minimum Gasteiger partial charge on any atom is -0.501 e. The molecule has 1 unspecified atom stereocenters. The van der Waals surface area contributed by atoms with E-state index < -0.39 is 0 Å². The summed E-state index contributed by atoms with van der Waals surface area (Å²) in [6.45, 7) is 3.94. The fraction of sp³-hybridized carbons (Fsp3) is 0.533. The van der Waals surface area contributed by atoms with E-state index in [1.54, 1.807) is 13.3 Å². The zero-order valence-corrected chi connectivity index (χ0v) is 11.7. The average molecular weight is 262 g/mol. The largest absolute Gasteiger partial charge is 0.501 e. The van der Waals surface area contributed by atoms with Gasteiger partial charge in [0.05, 0.1) is 26.0 Å². The van der Waals surface area contributed by atoms with E-state index >= 15 is 0 Å². The molecule has 0 amide bonds. The zero-order valence-electron chi connectivity index (χ0n) is 11.7. The minimum atomic E-state index is 0.129. The summed E-state index contributed by atoms with van der Waals surface area (Å²) < 4.78 is 10.9. The first-order valence-corrected chi connectivity index (χ1v) is 6.89. The lowest BCUT2D eigenvalue weighted by Crippen LogP contribution is -2.26. The van der Waals surface area contributed by atoms with Crippen LogP contribution in [0.15, 0.2) is 30.2 Å². The lowest BCUT2D eigenvalue weighted by Gasteiger charge is -2.25. The Labute approximate surface area is 114 Å². The first kappa shape index (κ1) is 13.9. The molecule has 0 radical (unpaired) electrons. The molecule has 4 nitrogen and oxygen atoms in total. The Morgan fingerprint density at radius 1 is 1.53 bits per heavy atom. The van der Waals surface area contributed by atoms with Crippen molar-refractivity contribution in [1.82, 2.24) is 10.3 Å². The van der Waals surface area contributed by atoms with Gasteiger partial charge in [0.15, 0.2) is 0 Å². The van der Waals surface area contributed by atoms with Gasteiger partial charge in [-0.2, -0.15) is 0 Å². The fourth-order valence-corrected chi connectivity index (χ4v) is 2.32. The number of hydrogen-bond acceptors (Lipinski definition) is 4. The van der Waals surface area contributed by atoms with Crippen LogP contribution in [-0.2, 0) is 4.74 Å². The topological polar surface area (TPSA) is 43.4 Å². The molecule has 2 heterocycles. The summed E-state index contributed by atoms with van der Waals surface area (Å²) in [6, 6.07) is 4.14. The molecule has 2 rings (SSSR count). The third-order valence-corrected chi connectivity index (χ3v) is 3.24. The molecule has 0 aromatic carbocycles. The van der Waals surface area contributed by atoms with Gasteiger partial charge in [0.1, 0.15) is 0 Å². The predicted molar refractivity (Wildman–Crippen MR) is 75.1 cm³/mol. The molecule has 1 N–H and O–H groups in total. The highest BCUT2D eigenvalue weighted by atomic mass is 16.5. The van der Waals surface area contributed by atoms with Crippen LogP contribution in [0.25, 0.3) is 0 Å². The Bertz CT molecular complexity index is 432. The molecule has 1 aliphatic rings. The molecule has 0 saturated carbocycles. The van der Waals surface area contributed by atoms with Crippen LogP contribution in [-0.4, -0.2) is 25.2 Å². The van der Waals surface area contributed by atoms with E-state index in [2.05, 4.69) is 23.3 Å². The highest BCUT2D eigenvalue weighted by molar-refractivity contribution is 5.35. The van der Waals surface area contributed by atoms with Crippen LogP contribution in [0, 0.1) is 0 Å². The summed E-state index contributed by atoms with van der Waals surface area (Å²) in [4.78, 5) is 4.29. The smallest absolute Gasteiger partial charge is 0.218 e. The van der Waals surface area contributed by atoms with E-state index in [9.17, 15) is 0 Å². The van der Waals surface area contributed by atoms with Gasteiger partial charge in [-0.15, -0.1) is 0 Å². The minimum absolute atomic E-state index is 0.129. The van der Waals surface area contributed by atoms with Crippen molar-refractivity contribution in [2.75, 3.05) is 20.3 Å². The maximum atomic E-state index is 5.47. The van der Waals surface area contributed by atoms with E-state index in [1.807, 2.05) is 12.3 Å². The molecule has 0 bridgehead atoms. The summed E-state index contributed by atoms with van der Waals surface area (Å²) >= 11 is 0. The third kappa shape index (κ3) is 3.47. The fourth-order valence-electron chi connectivity index (χ4n) is 2.32. The number of nitrogens with one attached hydrogen (secondary N) is 1. The van der Waals surface area contributed by atoms with Crippen molar-refractivity contribution in [3.63, 3.8) is 0 Å². The molecule has 1 aromatic heterocycles. The van der Waals surface area contributed by atoms with Crippen molar-refractivity contribution < 1.29 is 9.47 Å². The Balaban J connectivity index is 2.27. The summed E-state index contributed by atoms with van der Waals surface area (Å²) in [5, 5.41) is 3.56. The lowest BCUT2D eigenvalue weighted by atomic mass is 9.96. The Morgan fingerprint density at radius 3 is 3.11 bits per heavy atom. The first-order chi connectivity index (χ1) is 9.36. The van der Waals surface area contributed by atoms with E-state index in [-0.39, 0.29) is 6.04 Å². The molecule has 4 heteroatoms. The van der Waals surface area contributed by atoms with Gasteiger partial charge < -0.3 is 14.8 Å².